The van der Waals surface area contributed by atoms with Crippen molar-refractivity contribution in [2.24, 2.45) is 17.8 Å². The Hall–Kier alpha value is -1.84. The van der Waals surface area contributed by atoms with Gasteiger partial charge in [-0.05, 0) is 49.1 Å². The minimum absolute atomic E-state index is 0.102. The van der Waals surface area contributed by atoms with E-state index >= 15 is 0 Å². The van der Waals surface area contributed by atoms with Gasteiger partial charge in [0.15, 0.2) is 0 Å². The van der Waals surface area contributed by atoms with Crippen molar-refractivity contribution in [1.29, 1.82) is 0 Å². The van der Waals surface area contributed by atoms with Gasteiger partial charge in [0.1, 0.15) is 6.54 Å². The number of hydrogen-bond acceptors (Lipinski definition) is 2. The highest BCUT2D eigenvalue weighted by Crippen LogP contribution is 2.49. The number of nitrogens with zero attached hydrogens (tertiary/aromatic N) is 1. The molecule has 3 unspecified atom stereocenters. The molecule has 1 aliphatic heterocycles. The van der Waals surface area contributed by atoms with Crippen molar-refractivity contribution in [3.8, 4) is 0 Å². The number of carbonyl (C=O) groups excluding carboxylic acids is 2. The van der Waals surface area contributed by atoms with Crippen molar-refractivity contribution >= 4 is 23.2 Å². The average molecular weight is 284 g/mol. The lowest BCUT2D eigenvalue weighted by molar-refractivity contribution is -0.122. The predicted octanol–water partition coefficient (Wildman–Crippen LogP) is 2.80. The van der Waals surface area contributed by atoms with E-state index in [1.165, 1.54) is 25.7 Å². The van der Waals surface area contributed by atoms with Crippen LogP contribution in [0.4, 0.5) is 11.4 Å². The fourth-order valence-electron chi connectivity index (χ4n) is 4.42. The topological polar surface area (TPSA) is 49.4 Å². The molecule has 2 fully saturated rings. The van der Waals surface area contributed by atoms with E-state index in [1.54, 1.807) is 4.90 Å². The SMILES string of the molecule is O=C1CN(C(=O)CC2CC3CCC2C3)c2ccccc2N1. The smallest absolute Gasteiger partial charge is 0.244 e. The molecule has 3 aliphatic rings. The van der Waals surface area contributed by atoms with Crippen LogP contribution in [0.1, 0.15) is 32.1 Å². The normalized spacial score (nSPS) is 30.2. The first kappa shape index (κ1) is 12.9. The van der Waals surface area contributed by atoms with E-state index in [4.69, 9.17) is 0 Å². The van der Waals surface area contributed by atoms with Crippen LogP contribution in [0.2, 0.25) is 0 Å². The summed E-state index contributed by atoms with van der Waals surface area (Å²) in [6.07, 6.45) is 5.76. The zero-order valence-electron chi connectivity index (χ0n) is 12.0. The molecule has 1 heterocycles. The highest BCUT2D eigenvalue weighted by Gasteiger charge is 2.41. The summed E-state index contributed by atoms with van der Waals surface area (Å²) in [7, 11) is 0. The van der Waals surface area contributed by atoms with Gasteiger partial charge in [0.25, 0.3) is 0 Å². The Morgan fingerprint density at radius 1 is 1.24 bits per heavy atom. The molecular formula is C17H20N2O2. The second-order valence-electron chi connectivity index (χ2n) is 6.68. The van der Waals surface area contributed by atoms with Crippen molar-refractivity contribution in [2.75, 3.05) is 16.8 Å². The Morgan fingerprint density at radius 3 is 2.86 bits per heavy atom. The Labute approximate surface area is 124 Å². The maximum absolute atomic E-state index is 12.7. The molecule has 1 N–H and O–H groups in total. The molecule has 0 radical (unpaired) electrons. The summed E-state index contributed by atoms with van der Waals surface area (Å²) in [5, 5.41) is 2.83. The second-order valence-corrected chi connectivity index (χ2v) is 6.68. The van der Waals surface area contributed by atoms with E-state index in [2.05, 4.69) is 5.32 Å². The fourth-order valence-corrected chi connectivity index (χ4v) is 4.42. The van der Waals surface area contributed by atoms with Crippen molar-refractivity contribution < 1.29 is 9.59 Å². The molecule has 110 valence electrons. The zero-order valence-corrected chi connectivity index (χ0v) is 12.0. The largest absolute Gasteiger partial charge is 0.323 e. The van der Waals surface area contributed by atoms with Crippen LogP contribution in [0.25, 0.3) is 0 Å². The molecular weight excluding hydrogens is 264 g/mol. The number of nitrogens with one attached hydrogen (secondary N) is 1. The maximum Gasteiger partial charge on any atom is 0.244 e. The summed E-state index contributed by atoms with van der Waals surface area (Å²) in [5.74, 6) is 2.13. The van der Waals surface area contributed by atoms with E-state index in [-0.39, 0.29) is 18.4 Å². The maximum atomic E-state index is 12.7. The number of anilines is 2. The molecule has 4 rings (SSSR count). The van der Waals surface area contributed by atoms with Gasteiger partial charge in [-0.25, -0.2) is 0 Å². The van der Waals surface area contributed by atoms with Crippen LogP contribution in [0.15, 0.2) is 24.3 Å². The zero-order chi connectivity index (χ0) is 14.4. The molecule has 2 amide bonds. The average Bonchev–Trinajstić information content (AvgIpc) is 3.08. The summed E-state index contributed by atoms with van der Waals surface area (Å²) < 4.78 is 0. The first-order chi connectivity index (χ1) is 10.2. The molecule has 4 nitrogen and oxygen atoms in total. The Morgan fingerprint density at radius 2 is 2.10 bits per heavy atom. The van der Waals surface area contributed by atoms with E-state index in [1.807, 2.05) is 24.3 Å². The van der Waals surface area contributed by atoms with Crippen molar-refractivity contribution in [3.63, 3.8) is 0 Å². The number of carbonyl (C=O) groups is 2. The molecule has 2 bridgehead atoms. The highest BCUT2D eigenvalue weighted by molar-refractivity contribution is 6.09. The molecule has 1 aromatic rings. The third-order valence-electron chi connectivity index (χ3n) is 5.39. The Kier molecular flexibility index (Phi) is 2.98. The molecule has 21 heavy (non-hydrogen) atoms. The minimum Gasteiger partial charge on any atom is -0.323 e. The predicted molar refractivity (Wildman–Crippen MR) is 81.0 cm³/mol. The van der Waals surface area contributed by atoms with Gasteiger partial charge < -0.3 is 10.2 Å². The molecule has 4 heteroatoms. The summed E-state index contributed by atoms with van der Waals surface area (Å²) >= 11 is 0. The third kappa shape index (κ3) is 2.23. The van der Waals surface area contributed by atoms with Gasteiger partial charge in [-0.3, -0.25) is 9.59 Å². The first-order valence-corrected chi connectivity index (χ1v) is 7.90. The lowest BCUT2D eigenvalue weighted by Crippen LogP contribution is -2.43. The molecule has 0 aromatic heterocycles. The van der Waals surface area contributed by atoms with Crippen molar-refractivity contribution in [2.45, 2.75) is 32.1 Å². The lowest BCUT2D eigenvalue weighted by atomic mass is 9.86. The van der Waals surface area contributed by atoms with E-state index in [0.717, 1.165) is 23.2 Å². The van der Waals surface area contributed by atoms with Gasteiger partial charge in [-0.1, -0.05) is 18.6 Å². The van der Waals surface area contributed by atoms with Gasteiger partial charge in [-0.15, -0.1) is 0 Å². The lowest BCUT2D eigenvalue weighted by Gasteiger charge is -2.31. The summed E-state index contributed by atoms with van der Waals surface area (Å²) in [5.41, 5.74) is 1.58. The highest BCUT2D eigenvalue weighted by atomic mass is 16.2. The molecule has 2 saturated carbocycles. The van der Waals surface area contributed by atoms with Crippen LogP contribution in [0, 0.1) is 17.8 Å². The number of rotatable bonds is 2. The van der Waals surface area contributed by atoms with E-state index in [9.17, 15) is 9.59 Å². The summed E-state index contributed by atoms with van der Waals surface area (Å²) in [6, 6.07) is 7.55. The van der Waals surface area contributed by atoms with E-state index in [0.29, 0.717) is 12.3 Å². The van der Waals surface area contributed by atoms with Crippen LogP contribution in [-0.4, -0.2) is 18.4 Å². The van der Waals surface area contributed by atoms with Crippen LogP contribution in [0.3, 0.4) is 0 Å². The molecule has 2 aliphatic carbocycles. The quantitative estimate of drug-likeness (QED) is 0.908. The fraction of sp³-hybridized carbons (Fsp3) is 0.529. The summed E-state index contributed by atoms with van der Waals surface area (Å²) in [4.78, 5) is 26.2. The van der Waals surface area contributed by atoms with Gasteiger partial charge in [0.2, 0.25) is 11.8 Å². The molecule has 1 aromatic carbocycles. The van der Waals surface area contributed by atoms with Crippen LogP contribution in [0.5, 0.6) is 0 Å². The number of para-hydroxylation sites is 2. The van der Waals surface area contributed by atoms with Gasteiger partial charge in [0.05, 0.1) is 11.4 Å². The van der Waals surface area contributed by atoms with Gasteiger partial charge in [-0.2, -0.15) is 0 Å². The van der Waals surface area contributed by atoms with Gasteiger partial charge in [0, 0.05) is 6.42 Å². The van der Waals surface area contributed by atoms with Crippen molar-refractivity contribution in [1.82, 2.24) is 0 Å². The Balaban J connectivity index is 1.53. The molecule has 0 spiro atoms. The third-order valence-corrected chi connectivity index (χ3v) is 5.39. The number of amides is 2. The standard InChI is InChI=1S/C17H20N2O2/c20-16-10-19(15-4-2-1-3-14(15)18-16)17(21)9-13-8-11-5-6-12(13)7-11/h1-4,11-13H,5-10H2,(H,18,20). The summed E-state index contributed by atoms with van der Waals surface area (Å²) in [6.45, 7) is 0.149. The van der Waals surface area contributed by atoms with Crippen LogP contribution < -0.4 is 10.2 Å². The number of benzene rings is 1. The van der Waals surface area contributed by atoms with Crippen LogP contribution >= 0.6 is 0 Å². The Bertz CT molecular complexity index is 598. The monoisotopic (exact) mass is 284 g/mol. The van der Waals surface area contributed by atoms with Gasteiger partial charge >= 0.3 is 0 Å². The number of fused-ring (bicyclic) bond motifs is 3. The van der Waals surface area contributed by atoms with Crippen molar-refractivity contribution in [3.05, 3.63) is 24.3 Å². The van der Waals surface area contributed by atoms with Crippen LogP contribution in [-0.2, 0) is 9.59 Å². The second kappa shape index (κ2) is 4.86. The molecule has 0 saturated heterocycles. The minimum atomic E-state index is -0.102. The van der Waals surface area contributed by atoms with E-state index < -0.39 is 0 Å². The molecule has 3 atom stereocenters. The first-order valence-electron chi connectivity index (χ1n) is 7.90. The number of hydrogen-bond donors (Lipinski definition) is 1.